The van der Waals surface area contributed by atoms with Gasteiger partial charge in [-0.1, -0.05) is 6.42 Å². The maximum absolute atomic E-state index is 12.6. The van der Waals surface area contributed by atoms with E-state index in [9.17, 15) is 9.59 Å². The average molecular weight is 370 g/mol. The number of H-pyrrole nitrogens is 1. The molecule has 0 aromatic carbocycles. The third-order valence-corrected chi connectivity index (χ3v) is 6.62. The molecule has 0 spiro atoms. The van der Waals surface area contributed by atoms with Crippen LogP contribution in [-0.4, -0.2) is 43.7 Å². The third-order valence-electron chi connectivity index (χ3n) is 6.62. The van der Waals surface area contributed by atoms with Gasteiger partial charge in [0.2, 0.25) is 11.6 Å². The van der Waals surface area contributed by atoms with Gasteiger partial charge in [0.05, 0.1) is 0 Å². The summed E-state index contributed by atoms with van der Waals surface area (Å²) in [5, 5.41) is 0. The minimum atomic E-state index is -0.495. The van der Waals surface area contributed by atoms with Crippen molar-refractivity contribution in [2.45, 2.75) is 37.9 Å². The monoisotopic (exact) mass is 370 g/mol. The van der Waals surface area contributed by atoms with Crippen molar-refractivity contribution in [3.05, 3.63) is 36.4 Å². The molecular weight excluding hydrogens is 348 g/mol. The number of ether oxygens (including phenoxy) is 2. The lowest BCUT2D eigenvalue weighted by atomic mass is 9.78. The van der Waals surface area contributed by atoms with Gasteiger partial charge in [-0.05, 0) is 31.1 Å². The van der Waals surface area contributed by atoms with Gasteiger partial charge in [-0.2, -0.15) is 0 Å². The van der Waals surface area contributed by atoms with Crippen molar-refractivity contribution in [1.82, 2.24) is 19.5 Å². The van der Waals surface area contributed by atoms with Crippen LogP contribution in [0.25, 0.3) is 0 Å². The van der Waals surface area contributed by atoms with Gasteiger partial charge < -0.3 is 19.0 Å². The quantitative estimate of drug-likeness (QED) is 0.826. The van der Waals surface area contributed by atoms with Crippen molar-refractivity contribution in [2.24, 2.45) is 30.7 Å². The number of aromatic amines is 1. The van der Waals surface area contributed by atoms with Crippen LogP contribution in [0.15, 0.2) is 24.8 Å². The van der Waals surface area contributed by atoms with Crippen LogP contribution in [0.1, 0.15) is 46.9 Å². The Morgan fingerprint density at radius 2 is 1.74 bits per heavy atom. The normalized spacial score (nSPS) is 33.8. The van der Waals surface area contributed by atoms with Gasteiger partial charge in [-0.15, -0.1) is 0 Å². The molecule has 3 saturated carbocycles. The first-order valence-electron chi connectivity index (χ1n) is 9.52. The van der Waals surface area contributed by atoms with Crippen LogP contribution in [0.5, 0.6) is 0 Å². The molecule has 0 radical (unpaired) electrons. The molecule has 2 aromatic heterocycles. The van der Waals surface area contributed by atoms with Gasteiger partial charge in [0.15, 0.2) is 0 Å². The van der Waals surface area contributed by atoms with E-state index in [0.717, 1.165) is 6.42 Å². The van der Waals surface area contributed by atoms with Crippen LogP contribution in [-0.2, 0) is 16.5 Å². The smallest absolute Gasteiger partial charge is 0.374 e. The number of hydrogen-bond acceptors (Lipinski definition) is 6. The predicted molar refractivity (Wildman–Crippen MR) is 92.6 cm³/mol. The zero-order valence-corrected chi connectivity index (χ0v) is 15.1. The van der Waals surface area contributed by atoms with E-state index in [1.165, 1.54) is 25.5 Å². The molecule has 0 saturated heterocycles. The van der Waals surface area contributed by atoms with Crippen molar-refractivity contribution in [3.8, 4) is 0 Å². The fourth-order valence-electron chi connectivity index (χ4n) is 5.59. The van der Waals surface area contributed by atoms with E-state index in [2.05, 4.69) is 15.0 Å². The Morgan fingerprint density at radius 3 is 2.33 bits per heavy atom. The van der Waals surface area contributed by atoms with E-state index >= 15 is 0 Å². The summed E-state index contributed by atoms with van der Waals surface area (Å²) < 4.78 is 13.3. The second kappa shape index (κ2) is 6.21. The molecule has 0 aliphatic heterocycles. The second-order valence-electron chi connectivity index (χ2n) is 7.86. The topological polar surface area (TPSA) is 99.1 Å². The lowest BCUT2D eigenvalue weighted by molar-refractivity contribution is -0.0776. The van der Waals surface area contributed by atoms with Crippen molar-refractivity contribution in [1.29, 1.82) is 0 Å². The third kappa shape index (κ3) is 2.57. The summed E-state index contributed by atoms with van der Waals surface area (Å²) in [4.78, 5) is 36.0. The lowest BCUT2D eigenvalue weighted by Crippen LogP contribution is -2.45. The zero-order valence-electron chi connectivity index (χ0n) is 15.1. The van der Waals surface area contributed by atoms with Crippen LogP contribution in [0.2, 0.25) is 0 Å². The molecule has 2 aromatic rings. The molecule has 6 unspecified atom stereocenters. The number of esters is 2. The molecule has 3 aliphatic rings. The minimum absolute atomic E-state index is 0.176. The first-order valence-corrected chi connectivity index (χ1v) is 9.52. The molecule has 1 N–H and O–H groups in total. The van der Waals surface area contributed by atoms with Crippen molar-refractivity contribution in [3.63, 3.8) is 0 Å². The highest BCUT2D eigenvalue weighted by molar-refractivity contribution is 5.86. The van der Waals surface area contributed by atoms with Crippen molar-refractivity contribution in [2.75, 3.05) is 0 Å². The number of imidazole rings is 2. The van der Waals surface area contributed by atoms with Gasteiger partial charge in [0, 0.05) is 43.7 Å². The first-order chi connectivity index (χ1) is 13.1. The number of fused-ring (bicyclic) bond motifs is 5. The van der Waals surface area contributed by atoms with Gasteiger partial charge >= 0.3 is 11.9 Å². The number of rotatable bonds is 4. The molecular formula is C19H22N4O4. The summed E-state index contributed by atoms with van der Waals surface area (Å²) >= 11 is 0. The maximum Gasteiger partial charge on any atom is 0.374 e. The Bertz CT molecular complexity index is 861. The summed E-state index contributed by atoms with van der Waals surface area (Å²) in [5.74, 6) is 1.10. The second-order valence-corrected chi connectivity index (χ2v) is 7.86. The molecule has 3 fully saturated rings. The van der Waals surface area contributed by atoms with Gasteiger partial charge in [0.25, 0.3) is 0 Å². The molecule has 6 atom stereocenters. The Balaban J connectivity index is 1.39. The molecule has 2 heterocycles. The standard InChI is InChI=1S/C19H22N4O4/c1-23-8-7-22-17(23)19(25)27-15-13-9-12(10-3-2-4-11(10)13)14(15)26-18(24)16-20-5-6-21-16/h5-8,10-15H,2-4,9H2,1H3,(H,20,21). The predicted octanol–water partition coefficient (Wildman–Crippen LogP) is 1.96. The number of hydrogen-bond donors (Lipinski definition) is 1. The molecule has 27 heavy (non-hydrogen) atoms. The van der Waals surface area contributed by atoms with Crippen molar-refractivity contribution >= 4 is 11.9 Å². The van der Waals surface area contributed by atoms with Crippen LogP contribution in [0.3, 0.4) is 0 Å². The number of aryl methyl sites for hydroxylation is 1. The largest absolute Gasteiger partial charge is 0.452 e. The van der Waals surface area contributed by atoms with Crippen LogP contribution in [0, 0.1) is 23.7 Å². The van der Waals surface area contributed by atoms with Crippen LogP contribution >= 0.6 is 0 Å². The highest BCUT2D eigenvalue weighted by atomic mass is 16.6. The number of nitrogens with zero attached hydrogens (tertiary/aromatic N) is 3. The summed E-state index contributed by atoms with van der Waals surface area (Å²) in [5.41, 5.74) is 0. The van der Waals surface area contributed by atoms with E-state index < -0.39 is 24.1 Å². The van der Waals surface area contributed by atoms with E-state index in [1.54, 1.807) is 30.2 Å². The first kappa shape index (κ1) is 16.5. The molecule has 0 amide bonds. The summed E-state index contributed by atoms with van der Waals surface area (Å²) in [6, 6.07) is 0. The van der Waals surface area contributed by atoms with Gasteiger partial charge in [-0.25, -0.2) is 19.6 Å². The average Bonchev–Trinajstić information content (AvgIpc) is 3.43. The fraction of sp³-hybridized carbons (Fsp3) is 0.579. The number of nitrogens with one attached hydrogen (secondary N) is 1. The summed E-state index contributed by atoms with van der Waals surface area (Å²) in [7, 11) is 1.76. The van der Waals surface area contributed by atoms with Crippen LogP contribution < -0.4 is 0 Å². The molecule has 8 nitrogen and oxygen atoms in total. The highest BCUT2D eigenvalue weighted by Crippen LogP contribution is 2.60. The Kier molecular flexibility index (Phi) is 3.80. The van der Waals surface area contributed by atoms with E-state index in [1.807, 2.05) is 0 Å². The Labute approximate surface area is 156 Å². The number of carbonyl (C=O) groups excluding carboxylic acids is 2. The summed E-state index contributed by atoms with van der Waals surface area (Å²) in [6.07, 6.45) is 10.0. The Hall–Kier alpha value is -2.64. The molecule has 5 rings (SSSR count). The number of aromatic nitrogens is 4. The van der Waals surface area contributed by atoms with E-state index in [4.69, 9.17) is 9.47 Å². The maximum atomic E-state index is 12.6. The number of carbonyl (C=O) groups is 2. The van der Waals surface area contributed by atoms with Gasteiger partial charge in [-0.3, -0.25) is 0 Å². The molecule has 2 bridgehead atoms. The lowest BCUT2D eigenvalue weighted by Gasteiger charge is -2.36. The van der Waals surface area contributed by atoms with E-state index in [-0.39, 0.29) is 23.5 Å². The van der Waals surface area contributed by atoms with Gasteiger partial charge in [0.1, 0.15) is 12.2 Å². The molecule has 8 heteroatoms. The molecule has 142 valence electrons. The minimum Gasteiger partial charge on any atom is -0.452 e. The van der Waals surface area contributed by atoms with Crippen molar-refractivity contribution < 1.29 is 19.1 Å². The highest BCUT2D eigenvalue weighted by Gasteiger charge is 2.62. The van der Waals surface area contributed by atoms with Crippen LogP contribution in [0.4, 0.5) is 0 Å². The SMILES string of the molecule is Cn1ccnc1C(=O)OC1C2CC(C3CCCC32)C1OC(=O)c1ncc[nH]1. The zero-order chi connectivity index (χ0) is 18.5. The van der Waals surface area contributed by atoms with E-state index in [0.29, 0.717) is 11.8 Å². The summed E-state index contributed by atoms with van der Waals surface area (Å²) in [6.45, 7) is 0. The Morgan fingerprint density at radius 1 is 1.04 bits per heavy atom. The fourth-order valence-corrected chi connectivity index (χ4v) is 5.59. The molecule has 3 aliphatic carbocycles.